The van der Waals surface area contributed by atoms with E-state index in [1.807, 2.05) is 5.43 Å². The molecule has 0 aliphatic rings. The van der Waals surface area contributed by atoms with Crippen LogP contribution in [0.4, 0.5) is 0 Å². The highest BCUT2D eigenvalue weighted by atomic mass is 35.5. The molecule has 0 spiro atoms. The van der Waals surface area contributed by atoms with Crippen LogP contribution in [-0.2, 0) is 4.79 Å². The van der Waals surface area contributed by atoms with E-state index in [4.69, 9.17) is 29.0 Å². The Morgan fingerprint density at radius 2 is 2.07 bits per heavy atom. The van der Waals surface area contributed by atoms with Crippen LogP contribution in [0.15, 0.2) is 24.3 Å². The summed E-state index contributed by atoms with van der Waals surface area (Å²) < 4.78 is 0. The van der Waals surface area contributed by atoms with Crippen LogP contribution in [0.3, 0.4) is 0 Å². The minimum Gasteiger partial charge on any atom is -0.291 e. The van der Waals surface area contributed by atoms with Crippen LogP contribution in [0, 0.1) is 0 Å². The molecule has 14 heavy (non-hydrogen) atoms. The second-order valence-corrected chi connectivity index (χ2v) is 3.33. The molecular weight excluding hydrogens is 223 g/mol. The van der Waals surface area contributed by atoms with E-state index in [1.54, 1.807) is 24.3 Å². The zero-order valence-corrected chi connectivity index (χ0v) is 8.64. The van der Waals surface area contributed by atoms with Crippen LogP contribution < -0.4 is 11.3 Å². The van der Waals surface area contributed by atoms with E-state index in [-0.39, 0.29) is 5.91 Å². The number of nitrogens with two attached hydrogens (primary N) is 1. The van der Waals surface area contributed by atoms with Crippen molar-refractivity contribution in [3.63, 3.8) is 0 Å². The number of benzene rings is 1. The second-order valence-electron chi connectivity index (χ2n) is 2.52. The highest BCUT2D eigenvalue weighted by Gasteiger charge is 1.97. The number of hydrogen-bond donors (Lipinski definition) is 2. The number of nitrogens with one attached hydrogen (secondary N) is 1. The maximum Gasteiger partial charge on any atom is 0.257 e. The zero-order chi connectivity index (χ0) is 10.6. The molecule has 5 heteroatoms. The molecule has 1 rings (SSSR count). The summed E-state index contributed by atoms with van der Waals surface area (Å²) in [5, 5.41) is 0.925. The summed E-state index contributed by atoms with van der Waals surface area (Å²) in [6, 6.07) is 5.06. The van der Waals surface area contributed by atoms with Gasteiger partial charge in [0.05, 0.1) is 10.0 Å². The maximum atomic E-state index is 10.8. The van der Waals surface area contributed by atoms with Gasteiger partial charge in [-0.25, -0.2) is 5.84 Å². The number of rotatable bonds is 2. The molecule has 3 nitrogen and oxygen atoms in total. The molecule has 3 N–H and O–H groups in total. The predicted molar refractivity (Wildman–Crippen MR) is 57.8 cm³/mol. The second kappa shape index (κ2) is 5.00. The zero-order valence-electron chi connectivity index (χ0n) is 7.13. The van der Waals surface area contributed by atoms with Gasteiger partial charge in [-0.2, -0.15) is 0 Å². The molecule has 0 unspecified atom stereocenters. The van der Waals surface area contributed by atoms with Gasteiger partial charge in [0, 0.05) is 6.08 Å². The summed E-state index contributed by atoms with van der Waals surface area (Å²) in [5.41, 5.74) is 2.76. The minimum absolute atomic E-state index is 0.379. The Morgan fingerprint density at radius 1 is 1.36 bits per heavy atom. The van der Waals surface area contributed by atoms with Crippen molar-refractivity contribution < 1.29 is 4.79 Å². The fourth-order valence-electron chi connectivity index (χ4n) is 0.836. The lowest BCUT2D eigenvalue weighted by Crippen LogP contribution is -2.27. The molecule has 1 amide bonds. The molecule has 0 fully saturated rings. The van der Waals surface area contributed by atoms with E-state index in [0.717, 1.165) is 5.56 Å². The van der Waals surface area contributed by atoms with Crippen LogP contribution in [0.25, 0.3) is 6.08 Å². The first-order valence-electron chi connectivity index (χ1n) is 3.77. The summed E-state index contributed by atoms with van der Waals surface area (Å²) in [6.45, 7) is 0. The van der Waals surface area contributed by atoms with Gasteiger partial charge < -0.3 is 0 Å². The third kappa shape index (κ3) is 3.03. The third-order valence-electron chi connectivity index (χ3n) is 1.51. The van der Waals surface area contributed by atoms with Crippen molar-refractivity contribution in [3.05, 3.63) is 39.9 Å². The van der Waals surface area contributed by atoms with Gasteiger partial charge in [-0.05, 0) is 23.8 Å². The molecule has 0 aromatic heterocycles. The monoisotopic (exact) mass is 230 g/mol. The fourth-order valence-corrected chi connectivity index (χ4v) is 1.14. The SMILES string of the molecule is NNC(=O)/C=C/c1ccc(Cl)c(Cl)c1. The van der Waals surface area contributed by atoms with Crippen molar-refractivity contribution in [2.45, 2.75) is 0 Å². The van der Waals surface area contributed by atoms with Gasteiger partial charge in [-0.15, -0.1) is 0 Å². The lowest BCUT2D eigenvalue weighted by atomic mass is 10.2. The Morgan fingerprint density at radius 3 is 2.64 bits per heavy atom. The Bertz CT molecular complexity index is 377. The normalized spacial score (nSPS) is 10.5. The van der Waals surface area contributed by atoms with E-state index in [1.165, 1.54) is 6.08 Å². The summed E-state index contributed by atoms with van der Waals surface area (Å²) in [7, 11) is 0. The van der Waals surface area contributed by atoms with E-state index in [2.05, 4.69) is 0 Å². The third-order valence-corrected chi connectivity index (χ3v) is 2.25. The standard InChI is InChI=1S/C9H8Cl2N2O/c10-7-3-1-6(5-8(7)11)2-4-9(14)13-12/h1-5H,12H2,(H,13,14)/b4-2+. The largest absolute Gasteiger partial charge is 0.291 e. The highest BCUT2D eigenvalue weighted by Crippen LogP contribution is 2.22. The van der Waals surface area contributed by atoms with Crippen LogP contribution in [0.5, 0.6) is 0 Å². The van der Waals surface area contributed by atoms with Crippen LogP contribution >= 0.6 is 23.2 Å². The van der Waals surface area contributed by atoms with Crippen molar-refractivity contribution in [2.75, 3.05) is 0 Å². The molecule has 0 saturated heterocycles. The first-order chi connectivity index (χ1) is 6.63. The Hall–Kier alpha value is -1.03. The van der Waals surface area contributed by atoms with Crippen molar-refractivity contribution in [1.82, 2.24) is 5.43 Å². The molecular formula is C9H8Cl2N2O. The molecule has 0 radical (unpaired) electrons. The molecule has 0 aliphatic heterocycles. The Balaban J connectivity index is 2.83. The Kier molecular flexibility index (Phi) is 3.95. The quantitative estimate of drug-likeness (QED) is 0.354. The topological polar surface area (TPSA) is 55.1 Å². The lowest BCUT2D eigenvalue weighted by molar-refractivity contribution is -0.116. The van der Waals surface area contributed by atoms with Gasteiger partial charge in [0.15, 0.2) is 0 Å². The van der Waals surface area contributed by atoms with E-state index < -0.39 is 0 Å². The molecule has 0 bridgehead atoms. The van der Waals surface area contributed by atoms with Crippen LogP contribution in [-0.4, -0.2) is 5.91 Å². The Labute approximate surface area is 91.5 Å². The number of hydrogen-bond acceptors (Lipinski definition) is 2. The van der Waals surface area contributed by atoms with E-state index in [0.29, 0.717) is 10.0 Å². The molecule has 0 atom stereocenters. The van der Waals surface area contributed by atoms with E-state index in [9.17, 15) is 4.79 Å². The molecule has 0 aliphatic carbocycles. The van der Waals surface area contributed by atoms with Crippen molar-refractivity contribution in [3.8, 4) is 0 Å². The number of hydrazine groups is 1. The molecule has 74 valence electrons. The molecule has 0 heterocycles. The summed E-state index contributed by atoms with van der Waals surface area (Å²) >= 11 is 11.5. The first kappa shape index (κ1) is 11.0. The van der Waals surface area contributed by atoms with Crippen molar-refractivity contribution >= 4 is 35.2 Å². The fraction of sp³-hybridized carbons (Fsp3) is 0. The summed E-state index contributed by atoms with van der Waals surface area (Å²) in [6.07, 6.45) is 2.89. The number of carbonyl (C=O) groups excluding carboxylic acids is 1. The van der Waals surface area contributed by atoms with Gasteiger partial charge in [0.2, 0.25) is 0 Å². The van der Waals surface area contributed by atoms with Gasteiger partial charge >= 0.3 is 0 Å². The number of amides is 1. The number of carbonyl (C=O) groups is 1. The van der Waals surface area contributed by atoms with Crippen molar-refractivity contribution in [2.24, 2.45) is 5.84 Å². The summed E-state index contributed by atoms with van der Waals surface area (Å²) in [5.74, 6) is 4.51. The first-order valence-corrected chi connectivity index (χ1v) is 4.53. The van der Waals surface area contributed by atoms with Gasteiger partial charge in [0.1, 0.15) is 0 Å². The van der Waals surface area contributed by atoms with Crippen LogP contribution in [0.1, 0.15) is 5.56 Å². The predicted octanol–water partition coefficient (Wildman–Crippen LogP) is 2.00. The van der Waals surface area contributed by atoms with Gasteiger partial charge in [-0.1, -0.05) is 29.3 Å². The van der Waals surface area contributed by atoms with Crippen LogP contribution in [0.2, 0.25) is 10.0 Å². The highest BCUT2D eigenvalue weighted by molar-refractivity contribution is 6.42. The van der Waals surface area contributed by atoms with Gasteiger partial charge in [-0.3, -0.25) is 10.2 Å². The summed E-state index contributed by atoms with van der Waals surface area (Å²) in [4.78, 5) is 10.8. The maximum absolute atomic E-state index is 10.8. The van der Waals surface area contributed by atoms with E-state index >= 15 is 0 Å². The van der Waals surface area contributed by atoms with Crippen molar-refractivity contribution in [1.29, 1.82) is 0 Å². The average Bonchev–Trinajstić information content (AvgIpc) is 2.19. The molecule has 1 aromatic carbocycles. The minimum atomic E-state index is -0.379. The average molecular weight is 231 g/mol. The number of halogens is 2. The smallest absolute Gasteiger partial charge is 0.257 e. The lowest BCUT2D eigenvalue weighted by Gasteiger charge is -1.97. The molecule has 0 saturated carbocycles. The molecule has 1 aromatic rings. The van der Waals surface area contributed by atoms with Gasteiger partial charge in [0.25, 0.3) is 5.91 Å².